The van der Waals surface area contributed by atoms with Crippen molar-refractivity contribution >= 4 is 34.0 Å². The van der Waals surface area contributed by atoms with Crippen LogP contribution in [0, 0.1) is 0 Å². The predicted octanol–water partition coefficient (Wildman–Crippen LogP) is 1.68. The maximum absolute atomic E-state index is 10.8. The average molecular weight is 329 g/mol. The lowest BCUT2D eigenvalue weighted by Crippen LogP contribution is -2.20. The summed E-state index contributed by atoms with van der Waals surface area (Å²) in [5.41, 5.74) is 5.93. The smallest absolute Gasteiger partial charge is 0.255 e. The Kier molecular flexibility index (Phi) is 5.18. The third-order valence-corrected chi connectivity index (χ3v) is 3.38. The van der Waals surface area contributed by atoms with Crippen LogP contribution in [-0.2, 0) is 11.3 Å². The topological polar surface area (TPSA) is 99.4 Å². The number of hydrogen-bond acceptors (Lipinski definition) is 7. The number of ether oxygens (including phenoxy) is 2. The minimum absolute atomic E-state index is 0.264. The molecule has 2 aromatic rings. The first-order valence-electron chi connectivity index (χ1n) is 5.89. The van der Waals surface area contributed by atoms with E-state index in [4.69, 9.17) is 26.8 Å². The van der Waals surface area contributed by atoms with Gasteiger partial charge < -0.3 is 20.5 Å². The molecule has 2 rings (SSSR count). The molecule has 112 valence electrons. The Bertz CT molecular complexity index is 621. The molecule has 1 aromatic carbocycles. The van der Waals surface area contributed by atoms with E-state index in [1.54, 1.807) is 18.3 Å². The molecule has 0 saturated carbocycles. The first-order chi connectivity index (χ1) is 10.1. The highest BCUT2D eigenvalue weighted by atomic mass is 35.5. The van der Waals surface area contributed by atoms with Crippen molar-refractivity contribution in [1.29, 1.82) is 0 Å². The second-order valence-electron chi connectivity index (χ2n) is 4.00. The molecule has 1 amide bonds. The number of aromatic nitrogens is 2. The number of anilines is 1. The van der Waals surface area contributed by atoms with Crippen molar-refractivity contribution in [3.05, 3.63) is 28.9 Å². The van der Waals surface area contributed by atoms with Crippen LogP contribution >= 0.6 is 23.1 Å². The van der Waals surface area contributed by atoms with Crippen LogP contribution in [0.4, 0.5) is 5.00 Å². The Labute approximate surface area is 130 Å². The van der Waals surface area contributed by atoms with Crippen LogP contribution in [0.25, 0.3) is 0 Å². The molecule has 0 saturated heterocycles. The number of nitrogens with zero attached hydrogens (tertiary/aromatic N) is 2. The Morgan fingerprint density at radius 2 is 2.33 bits per heavy atom. The summed E-state index contributed by atoms with van der Waals surface area (Å²) in [6.07, 6.45) is 1.63. The molecular formula is C12H13ClN4O3S. The Morgan fingerprint density at radius 3 is 2.95 bits per heavy atom. The van der Waals surface area contributed by atoms with Gasteiger partial charge in [0.2, 0.25) is 0 Å². The minimum atomic E-state index is -0.587. The third kappa shape index (κ3) is 4.20. The lowest BCUT2D eigenvalue weighted by atomic mass is 10.2. The fourth-order valence-electron chi connectivity index (χ4n) is 1.59. The first-order valence-corrected chi connectivity index (χ1v) is 7.04. The minimum Gasteiger partial charge on any atom is -0.493 e. The average Bonchev–Trinajstić information content (AvgIpc) is 2.96. The molecule has 7 nitrogen and oxygen atoms in total. The van der Waals surface area contributed by atoms with E-state index in [-0.39, 0.29) is 6.61 Å². The number of benzene rings is 1. The normalized spacial score (nSPS) is 10.2. The predicted molar refractivity (Wildman–Crippen MR) is 79.9 cm³/mol. The monoisotopic (exact) mass is 328 g/mol. The molecule has 0 fully saturated rings. The molecule has 0 unspecified atom stereocenters. The zero-order valence-corrected chi connectivity index (χ0v) is 12.7. The zero-order chi connectivity index (χ0) is 15.2. The van der Waals surface area contributed by atoms with E-state index in [0.29, 0.717) is 23.1 Å². The van der Waals surface area contributed by atoms with Gasteiger partial charge in [0.05, 0.1) is 18.3 Å². The van der Waals surface area contributed by atoms with Gasteiger partial charge in [-0.3, -0.25) is 4.79 Å². The van der Waals surface area contributed by atoms with Gasteiger partial charge in [-0.2, -0.15) is 0 Å². The van der Waals surface area contributed by atoms with Gasteiger partial charge in [-0.05, 0) is 17.7 Å². The molecule has 0 radical (unpaired) electrons. The SMILES string of the molecule is COc1cc(CNc2cnns2)cc(Cl)c1OCC(N)=O. The molecule has 0 spiro atoms. The molecule has 1 aromatic heterocycles. The first kappa shape index (κ1) is 15.3. The Hall–Kier alpha value is -2.06. The third-order valence-electron chi connectivity index (χ3n) is 2.48. The van der Waals surface area contributed by atoms with Gasteiger partial charge in [0.25, 0.3) is 5.91 Å². The molecule has 0 aliphatic heterocycles. The molecular weight excluding hydrogens is 316 g/mol. The summed E-state index contributed by atoms with van der Waals surface area (Å²) < 4.78 is 14.2. The number of carbonyl (C=O) groups excluding carboxylic acids is 1. The van der Waals surface area contributed by atoms with E-state index >= 15 is 0 Å². The van der Waals surface area contributed by atoms with Gasteiger partial charge in [0.1, 0.15) is 5.00 Å². The highest BCUT2D eigenvalue weighted by Gasteiger charge is 2.13. The fourth-order valence-corrected chi connectivity index (χ4v) is 2.29. The van der Waals surface area contributed by atoms with Gasteiger partial charge >= 0.3 is 0 Å². The number of halogens is 1. The quantitative estimate of drug-likeness (QED) is 0.802. The standard InChI is InChI=1S/C12H13ClN4O3S/c1-19-9-3-7(4-15-11-5-16-17-21-11)2-8(13)12(9)20-6-10(14)18/h2-3,5,15H,4,6H2,1H3,(H2,14,18). The van der Waals surface area contributed by atoms with Crippen molar-refractivity contribution in [2.45, 2.75) is 6.54 Å². The number of carbonyl (C=O) groups is 1. The van der Waals surface area contributed by atoms with Crippen LogP contribution in [0.1, 0.15) is 5.56 Å². The number of nitrogens with two attached hydrogens (primary N) is 1. The van der Waals surface area contributed by atoms with Crippen molar-refractivity contribution < 1.29 is 14.3 Å². The van der Waals surface area contributed by atoms with E-state index in [0.717, 1.165) is 10.6 Å². The number of methoxy groups -OCH3 is 1. The number of primary amides is 1. The number of amides is 1. The summed E-state index contributed by atoms with van der Waals surface area (Å²) in [6.45, 7) is 0.260. The highest BCUT2D eigenvalue weighted by Crippen LogP contribution is 2.36. The van der Waals surface area contributed by atoms with Crippen molar-refractivity contribution in [3.8, 4) is 11.5 Å². The Morgan fingerprint density at radius 1 is 1.52 bits per heavy atom. The molecule has 0 aliphatic rings. The van der Waals surface area contributed by atoms with E-state index in [1.807, 2.05) is 0 Å². The van der Waals surface area contributed by atoms with E-state index in [2.05, 4.69) is 14.9 Å². The summed E-state index contributed by atoms with van der Waals surface area (Å²) >= 11 is 7.41. The van der Waals surface area contributed by atoms with Crippen LogP contribution in [0.5, 0.6) is 11.5 Å². The van der Waals surface area contributed by atoms with E-state index in [9.17, 15) is 4.79 Å². The molecule has 9 heteroatoms. The van der Waals surface area contributed by atoms with Crippen molar-refractivity contribution in [2.75, 3.05) is 19.0 Å². The van der Waals surface area contributed by atoms with E-state index in [1.165, 1.54) is 18.6 Å². The Balaban J connectivity index is 2.13. The summed E-state index contributed by atoms with van der Waals surface area (Å²) in [5, 5.41) is 8.07. The fraction of sp³-hybridized carbons (Fsp3) is 0.250. The van der Waals surface area contributed by atoms with Crippen LogP contribution in [0.15, 0.2) is 18.3 Å². The second-order valence-corrected chi connectivity index (χ2v) is 5.19. The highest BCUT2D eigenvalue weighted by molar-refractivity contribution is 7.09. The molecule has 21 heavy (non-hydrogen) atoms. The number of hydrogen-bond donors (Lipinski definition) is 2. The summed E-state index contributed by atoms with van der Waals surface area (Å²) in [6, 6.07) is 3.49. The lowest BCUT2D eigenvalue weighted by Gasteiger charge is -2.13. The van der Waals surface area contributed by atoms with Crippen molar-refractivity contribution in [1.82, 2.24) is 9.59 Å². The van der Waals surface area contributed by atoms with Crippen molar-refractivity contribution in [2.24, 2.45) is 5.73 Å². The van der Waals surface area contributed by atoms with Crippen LogP contribution < -0.4 is 20.5 Å². The van der Waals surface area contributed by atoms with E-state index < -0.39 is 5.91 Å². The zero-order valence-electron chi connectivity index (χ0n) is 11.1. The number of rotatable bonds is 7. The van der Waals surface area contributed by atoms with Gasteiger partial charge in [-0.15, -0.1) is 5.10 Å². The lowest BCUT2D eigenvalue weighted by molar-refractivity contribution is -0.119. The molecule has 0 aliphatic carbocycles. The summed E-state index contributed by atoms with van der Waals surface area (Å²) in [7, 11) is 1.49. The van der Waals surface area contributed by atoms with Gasteiger partial charge in [0, 0.05) is 18.1 Å². The van der Waals surface area contributed by atoms with Gasteiger partial charge in [0.15, 0.2) is 18.1 Å². The number of nitrogens with one attached hydrogen (secondary N) is 1. The molecule has 0 bridgehead atoms. The maximum Gasteiger partial charge on any atom is 0.255 e. The van der Waals surface area contributed by atoms with Crippen LogP contribution in [-0.4, -0.2) is 29.2 Å². The van der Waals surface area contributed by atoms with Gasteiger partial charge in [-0.1, -0.05) is 16.1 Å². The van der Waals surface area contributed by atoms with Crippen molar-refractivity contribution in [3.63, 3.8) is 0 Å². The van der Waals surface area contributed by atoms with Crippen LogP contribution in [0.2, 0.25) is 5.02 Å². The summed E-state index contributed by atoms with van der Waals surface area (Å²) in [4.78, 5) is 10.8. The molecule has 1 heterocycles. The maximum atomic E-state index is 10.8. The van der Waals surface area contributed by atoms with Gasteiger partial charge in [-0.25, -0.2) is 0 Å². The molecule has 0 atom stereocenters. The summed E-state index contributed by atoms with van der Waals surface area (Å²) in [5.74, 6) is 0.140. The second kappa shape index (κ2) is 7.09. The van der Waals surface area contributed by atoms with Crippen LogP contribution in [0.3, 0.4) is 0 Å². The molecule has 3 N–H and O–H groups in total. The largest absolute Gasteiger partial charge is 0.493 e.